The predicted molar refractivity (Wildman–Crippen MR) is 84.6 cm³/mol. The van der Waals surface area contributed by atoms with Gasteiger partial charge in [-0.3, -0.25) is 4.90 Å². The van der Waals surface area contributed by atoms with Crippen molar-refractivity contribution in [1.29, 1.82) is 5.26 Å². The van der Waals surface area contributed by atoms with Gasteiger partial charge in [0.25, 0.3) is 0 Å². The van der Waals surface area contributed by atoms with Crippen molar-refractivity contribution in [1.82, 2.24) is 9.21 Å². The minimum atomic E-state index is -3.33. The summed E-state index contributed by atoms with van der Waals surface area (Å²) in [5.74, 6) is -0.0186. The van der Waals surface area contributed by atoms with Crippen molar-refractivity contribution in [3.63, 3.8) is 0 Å². The minimum Gasteiger partial charge on any atom is -0.299 e. The fourth-order valence-corrected chi connectivity index (χ4v) is 5.05. The van der Waals surface area contributed by atoms with Crippen LogP contribution in [0.25, 0.3) is 0 Å². The van der Waals surface area contributed by atoms with E-state index in [9.17, 15) is 8.42 Å². The molecule has 0 amide bonds. The lowest BCUT2D eigenvalue weighted by molar-refractivity contribution is 0.257. The van der Waals surface area contributed by atoms with E-state index in [1.54, 1.807) is 28.6 Å². The van der Waals surface area contributed by atoms with E-state index < -0.39 is 10.0 Å². The minimum absolute atomic E-state index is 0.0186. The van der Waals surface area contributed by atoms with Crippen LogP contribution in [-0.4, -0.2) is 49.8 Å². The van der Waals surface area contributed by atoms with Crippen molar-refractivity contribution in [2.24, 2.45) is 0 Å². The molecule has 1 aromatic rings. The number of benzene rings is 1. The van der Waals surface area contributed by atoms with E-state index in [-0.39, 0.29) is 5.75 Å². The van der Waals surface area contributed by atoms with E-state index in [1.807, 2.05) is 0 Å². The van der Waals surface area contributed by atoms with Crippen molar-refractivity contribution in [2.45, 2.75) is 31.1 Å². The summed E-state index contributed by atoms with van der Waals surface area (Å²) in [6, 6.07) is 9.31. The fourth-order valence-electron chi connectivity index (χ4n) is 3.46. The van der Waals surface area contributed by atoms with Gasteiger partial charge in [-0.2, -0.15) is 5.26 Å². The highest BCUT2D eigenvalue weighted by molar-refractivity contribution is 7.88. The van der Waals surface area contributed by atoms with Gasteiger partial charge < -0.3 is 0 Å². The summed E-state index contributed by atoms with van der Waals surface area (Å²) in [7, 11) is -3.33. The number of fused-ring (bicyclic) bond motifs is 1. The van der Waals surface area contributed by atoms with Crippen LogP contribution in [0.5, 0.6) is 0 Å². The van der Waals surface area contributed by atoms with Crippen LogP contribution in [0, 0.1) is 11.3 Å². The zero-order valence-electron chi connectivity index (χ0n) is 12.6. The van der Waals surface area contributed by atoms with Crippen LogP contribution < -0.4 is 0 Å². The van der Waals surface area contributed by atoms with Crippen LogP contribution in [-0.2, 0) is 15.8 Å². The van der Waals surface area contributed by atoms with Gasteiger partial charge >= 0.3 is 0 Å². The Labute approximate surface area is 132 Å². The molecule has 0 aliphatic carbocycles. The monoisotopic (exact) mass is 319 g/mol. The van der Waals surface area contributed by atoms with Crippen LogP contribution in [0.15, 0.2) is 24.3 Å². The SMILES string of the molecule is N#Cc1cccc(CS(=O)(=O)N2CCCN3CCCC3C2)c1. The average Bonchev–Trinajstić information content (AvgIpc) is 2.83. The highest BCUT2D eigenvalue weighted by Crippen LogP contribution is 2.24. The molecule has 0 spiro atoms. The zero-order valence-corrected chi connectivity index (χ0v) is 13.4. The molecule has 2 aliphatic rings. The summed E-state index contributed by atoms with van der Waals surface area (Å²) in [5, 5.41) is 8.93. The molecule has 3 rings (SSSR count). The molecule has 0 bridgehead atoms. The largest absolute Gasteiger partial charge is 0.299 e. The molecule has 0 aromatic heterocycles. The smallest absolute Gasteiger partial charge is 0.218 e. The third-order valence-electron chi connectivity index (χ3n) is 4.56. The number of hydrogen-bond acceptors (Lipinski definition) is 4. The predicted octanol–water partition coefficient (Wildman–Crippen LogP) is 1.56. The average molecular weight is 319 g/mol. The van der Waals surface area contributed by atoms with E-state index in [4.69, 9.17) is 5.26 Å². The molecule has 0 radical (unpaired) electrons. The first-order valence-corrected chi connectivity index (χ1v) is 9.40. The van der Waals surface area contributed by atoms with Gasteiger partial charge in [-0.05, 0) is 50.0 Å². The number of nitriles is 1. The molecule has 1 atom stereocenters. The second kappa shape index (κ2) is 6.37. The third kappa shape index (κ3) is 3.32. The second-order valence-electron chi connectivity index (χ2n) is 6.11. The van der Waals surface area contributed by atoms with Crippen molar-refractivity contribution in [2.75, 3.05) is 26.2 Å². The Kier molecular flexibility index (Phi) is 4.48. The molecule has 0 saturated carbocycles. The maximum Gasteiger partial charge on any atom is 0.218 e. The molecule has 2 aliphatic heterocycles. The van der Waals surface area contributed by atoms with Crippen molar-refractivity contribution >= 4 is 10.0 Å². The Morgan fingerprint density at radius 1 is 1.23 bits per heavy atom. The van der Waals surface area contributed by atoms with Gasteiger partial charge in [0, 0.05) is 19.1 Å². The van der Waals surface area contributed by atoms with Crippen molar-refractivity contribution in [3.8, 4) is 6.07 Å². The normalized spacial score (nSPS) is 23.7. The lowest BCUT2D eigenvalue weighted by atomic mass is 10.2. The van der Waals surface area contributed by atoms with Crippen molar-refractivity contribution < 1.29 is 8.42 Å². The van der Waals surface area contributed by atoms with Gasteiger partial charge in [0.1, 0.15) is 0 Å². The Morgan fingerprint density at radius 2 is 2.05 bits per heavy atom. The first-order chi connectivity index (χ1) is 10.6. The summed E-state index contributed by atoms with van der Waals surface area (Å²) >= 11 is 0. The molecule has 0 N–H and O–H groups in total. The molecule has 118 valence electrons. The van der Waals surface area contributed by atoms with E-state index >= 15 is 0 Å². The Hall–Kier alpha value is -1.42. The molecule has 2 fully saturated rings. The van der Waals surface area contributed by atoms with E-state index in [2.05, 4.69) is 11.0 Å². The van der Waals surface area contributed by atoms with Crippen LogP contribution in [0.3, 0.4) is 0 Å². The number of sulfonamides is 1. The number of nitrogens with zero attached hydrogens (tertiary/aromatic N) is 3. The first-order valence-electron chi connectivity index (χ1n) is 7.79. The lowest BCUT2D eigenvalue weighted by Crippen LogP contribution is -2.40. The summed E-state index contributed by atoms with van der Waals surface area (Å²) in [6.07, 6.45) is 3.16. The van der Waals surface area contributed by atoms with Crippen LogP contribution in [0.1, 0.15) is 30.4 Å². The molecule has 1 aromatic carbocycles. The molecule has 2 heterocycles. The van der Waals surface area contributed by atoms with E-state index in [1.165, 1.54) is 6.42 Å². The van der Waals surface area contributed by atoms with Crippen molar-refractivity contribution in [3.05, 3.63) is 35.4 Å². The maximum absolute atomic E-state index is 12.7. The van der Waals surface area contributed by atoms with Crippen LogP contribution in [0.4, 0.5) is 0 Å². The summed E-state index contributed by atoms with van der Waals surface area (Å²) in [5.41, 5.74) is 1.19. The van der Waals surface area contributed by atoms with Gasteiger partial charge in [0.05, 0.1) is 17.4 Å². The Bertz CT molecular complexity index is 681. The van der Waals surface area contributed by atoms with Crippen LogP contribution in [0.2, 0.25) is 0 Å². The fraction of sp³-hybridized carbons (Fsp3) is 0.562. The highest BCUT2D eigenvalue weighted by atomic mass is 32.2. The first kappa shape index (κ1) is 15.5. The van der Waals surface area contributed by atoms with Gasteiger partial charge in [-0.25, -0.2) is 12.7 Å². The quantitative estimate of drug-likeness (QED) is 0.848. The summed E-state index contributed by atoms with van der Waals surface area (Å²) in [6.45, 7) is 3.32. The molecule has 6 heteroatoms. The number of hydrogen-bond donors (Lipinski definition) is 0. The summed E-state index contributed by atoms with van der Waals surface area (Å²) in [4.78, 5) is 2.42. The van der Waals surface area contributed by atoms with Gasteiger partial charge in [-0.15, -0.1) is 0 Å². The number of rotatable bonds is 3. The molecular formula is C16H21N3O2S. The Morgan fingerprint density at radius 3 is 2.86 bits per heavy atom. The Balaban J connectivity index is 1.75. The topological polar surface area (TPSA) is 64.4 Å². The second-order valence-corrected chi connectivity index (χ2v) is 8.08. The maximum atomic E-state index is 12.7. The standard InChI is InChI=1S/C16H21N3O2S/c17-11-14-4-1-5-15(10-14)13-22(20,21)19-9-3-8-18-7-2-6-16(18)12-19/h1,4-5,10,16H,2-3,6-9,12-13H2. The van der Waals surface area contributed by atoms with Crippen LogP contribution >= 0.6 is 0 Å². The highest BCUT2D eigenvalue weighted by Gasteiger charge is 2.33. The molecule has 2 saturated heterocycles. The van der Waals surface area contributed by atoms with Gasteiger partial charge in [0.15, 0.2) is 0 Å². The third-order valence-corrected chi connectivity index (χ3v) is 6.38. The molecule has 22 heavy (non-hydrogen) atoms. The summed E-state index contributed by atoms with van der Waals surface area (Å²) < 4.78 is 27.1. The molecular weight excluding hydrogens is 298 g/mol. The molecule has 5 nitrogen and oxygen atoms in total. The lowest BCUT2D eigenvalue weighted by Gasteiger charge is -2.25. The van der Waals surface area contributed by atoms with E-state index in [0.29, 0.717) is 30.3 Å². The zero-order chi connectivity index (χ0) is 15.6. The van der Waals surface area contributed by atoms with E-state index in [0.717, 1.165) is 25.9 Å². The van der Waals surface area contributed by atoms with Gasteiger partial charge in [0.2, 0.25) is 10.0 Å². The van der Waals surface area contributed by atoms with Gasteiger partial charge in [-0.1, -0.05) is 12.1 Å². The molecule has 1 unspecified atom stereocenters.